The molecule has 0 aliphatic heterocycles. The first-order chi connectivity index (χ1) is 18.9. The Labute approximate surface area is 258 Å². The van der Waals surface area contributed by atoms with Crippen LogP contribution < -0.4 is 17.7 Å². The smallest absolute Gasteiger partial charge is 0.329 e. The van der Waals surface area contributed by atoms with E-state index in [2.05, 4.69) is 32.9 Å². The van der Waals surface area contributed by atoms with Crippen LogP contribution in [0.3, 0.4) is 0 Å². The number of nitrogens with one attached hydrogen (secondary N) is 1. The highest BCUT2D eigenvalue weighted by atomic mass is 35.5. The first kappa shape index (κ1) is 39.1. The maximum Gasteiger partial charge on any atom is 0.329 e. The Morgan fingerprint density at radius 2 is 1.29 bits per heavy atom. The van der Waals surface area contributed by atoms with E-state index in [4.69, 9.17) is 4.74 Å². The number of carbonyl (C=O) groups excluding carboxylic acids is 2. The topological polar surface area (TPSA) is 55.4 Å². The molecule has 1 atom stereocenters. The molecule has 41 heavy (non-hydrogen) atoms. The van der Waals surface area contributed by atoms with Gasteiger partial charge in [0.15, 0.2) is 0 Å². The molecule has 0 radical (unpaired) electrons. The van der Waals surface area contributed by atoms with Crippen molar-refractivity contribution in [2.75, 3.05) is 20.6 Å². The van der Waals surface area contributed by atoms with Gasteiger partial charge in [0.2, 0.25) is 5.91 Å². The molecule has 6 heteroatoms. The van der Waals surface area contributed by atoms with Crippen molar-refractivity contribution < 1.29 is 31.2 Å². The molecule has 0 unspecified atom stereocenters. The molecular formula is C35H61ClN2O3. The minimum Gasteiger partial charge on any atom is -1.00 e. The number of hydrogen-bond donors (Lipinski definition) is 1. The number of halogens is 1. The van der Waals surface area contributed by atoms with Crippen LogP contribution in [0.25, 0.3) is 0 Å². The number of rotatable bonds is 22. The van der Waals surface area contributed by atoms with Gasteiger partial charge in [-0.3, -0.25) is 9.28 Å². The molecule has 0 aliphatic carbocycles. The standard InChI is InChI=1S/C35H60N2O3.ClH/c1-8-9-10-11-12-13-14-15-16-17-18-19-20-24-27-37(6,7)30(2)28-33(38)36-32(34(39)40-35(3,4)5)29-31-25-22-21-23-26-31;/h21-23,25-26,32H,2,8-20,24,27-29H2,1,3-7H3;1H/t32-;/m0./s1. The molecule has 0 saturated carbocycles. The predicted molar refractivity (Wildman–Crippen MR) is 169 cm³/mol. The molecule has 0 aliphatic rings. The highest BCUT2D eigenvalue weighted by Crippen LogP contribution is 2.18. The average molecular weight is 593 g/mol. The maximum atomic E-state index is 13.0. The van der Waals surface area contributed by atoms with E-state index in [1.807, 2.05) is 51.1 Å². The van der Waals surface area contributed by atoms with Crippen molar-refractivity contribution in [1.82, 2.24) is 5.32 Å². The highest BCUT2D eigenvalue weighted by molar-refractivity contribution is 5.85. The zero-order valence-corrected chi connectivity index (χ0v) is 28.0. The van der Waals surface area contributed by atoms with E-state index in [-0.39, 0.29) is 24.7 Å². The van der Waals surface area contributed by atoms with Crippen molar-refractivity contribution in [1.29, 1.82) is 0 Å². The van der Waals surface area contributed by atoms with Crippen LogP contribution in [0.2, 0.25) is 0 Å². The van der Waals surface area contributed by atoms with Gasteiger partial charge in [0.1, 0.15) is 23.8 Å². The summed E-state index contributed by atoms with van der Waals surface area (Å²) in [6.07, 6.45) is 19.4. The molecule has 0 bridgehead atoms. The molecule has 0 spiro atoms. The zero-order valence-electron chi connectivity index (χ0n) is 27.2. The summed E-state index contributed by atoms with van der Waals surface area (Å²) in [7, 11) is 4.24. The van der Waals surface area contributed by atoms with Gasteiger partial charge >= 0.3 is 5.97 Å². The number of nitrogens with zero attached hydrogens (tertiary/aromatic N) is 1. The Hall–Kier alpha value is -1.85. The lowest BCUT2D eigenvalue weighted by Gasteiger charge is -2.31. The number of ether oxygens (including phenoxy) is 1. The van der Waals surface area contributed by atoms with Crippen LogP contribution in [0.15, 0.2) is 42.6 Å². The number of amides is 1. The van der Waals surface area contributed by atoms with Gasteiger partial charge in [-0.1, -0.05) is 114 Å². The molecule has 0 aromatic heterocycles. The Morgan fingerprint density at radius 1 is 0.829 bits per heavy atom. The van der Waals surface area contributed by atoms with Gasteiger partial charge < -0.3 is 22.5 Å². The fourth-order valence-corrected chi connectivity index (χ4v) is 4.92. The third-order valence-corrected chi connectivity index (χ3v) is 7.60. The van der Waals surface area contributed by atoms with Crippen molar-refractivity contribution in [3.63, 3.8) is 0 Å². The van der Waals surface area contributed by atoms with Crippen LogP contribution in [-0.4, -0.2) is 48.6 Å². The molecule has 1 N–H and O–H groups in total. The van der Waals surface area contributed by atoms with Gasteiger partial charge in [-0.05, 0) is 45.8 Å². The lowest BCUT2D eigenvalue weighted by molar-refractivity contribution is -0.853. The van der Waals surface area contributed by atoms with Crippen LogP contribution in [0.5, 0.6) is 0 Å². The Kier molecular flexibility index (Phi) is 20.8. The molecule has 0 saturated heterocycles. The second-order valence-electron chi connectivity index (χ2n) is 13.1. The van der Waals surface area contributed by atoms with E-state index >= 15 is 0 Å². The monoisotopic (exact) mass is 592 g/mol. The van der Waals surface area contributed by atoms with E-state index in [1.165, 1.54) is 83.5 Å². The van der Waals surface area contributed by atoms with Gasteiger partial charge in [-0.25, -0.2) is 4.79 Å². The molecule has 0 fully saturated rings. The third-order valence-electron chi connectivity index (χ3n) is 7.60. The number of quaternary nitrogens is 1. The molecule has 1 rings (SSSR count). The summed E-state index contributed by atoms with van der Waals surface area (Å²) >= 11 is 0. The van der Waals surface area contributed by atoms with Crippen LogP contribution in [0, 0.1) is 0 Å². The molecule has 5 nitrogen and oxygen atoms in total. The summed E-state index contributed by atoms with van der Waals surface area (Å²) in [5, 5.41) is 2.93. The summed E-state index contributed by atoms with van der Waals surface area (Å²) < 4.78 is 6.21. The summed E-state index contributed by atoms with van der Waals surface area (Å²) in [5.41, 5.74) is 1.22. The molecule has 1 amide bonds. The van der Waals surface area contributed by atoms with E-state index < -0.39 is 17.6 Å². The summed E-state index contributed by atoms with van der Waals surface area (Å²) in [4.78, 5) is 25.9. The first-order valence-corrected chi connectivity index (χ1v) is 16.0. The van der Waals surface area contributed by atoms with Crippen LogP contribution >= 0.6 is 0 Å². The SMILES string of the molecule is C=C(CC(=O)N[C@@H](Cc1ccccc1)C(=O)OC(C)(C)C)[N+](C)(C)CCCCCCCCCCCCCCCC.[Cl-]. The second kappa shape index (κ2) is 21.8. The Balaban J connectivity index is 0.0000160. The van der Waals surface area contributed by atoms with Crippen molar-refractivity contribution >= 4 is 11.9 Å². The average Bonchev–Trinajstić information content (AvgIpc) is 2.88. The van der Waals surface area contributed by atoms with E-state index in [1.54, 1.807) is 0 Å². The minimum absolute atomic E-state index is 0. The van der Waals surface area contributed by atoms with Crippen molar-refractivity contribution in [3.8, 4) is 0 Å². The van der Waals surface area contributed by atoms with E-state index in [0.717, 1.165) is 24.2 Å². The van der Waals surface area contributed by atoms with Gasteiger partial charge in [0.05, 0.1) is 20.6 Å². The fourth-order valence-electron chi connectivity index (χ4n) is 4.92. The van der Waals surface area contributed by atoms with Gasteiger partial charge in [-0.2, -0.15) is 0 Å². The van der Waals surface area contributed by atoms with Crippen molar-refractivity contribution in [2.45, 2.75) is 142 Å². The molecule has 1 aromatic carbocycles. The lowest BCUT2D eigenvalue weighted by Crippen LogP contribution is -3.00. The number of unbranched alkanes of at least 4 members (excludes halogenated alkanes) is 13. The largest absolute Gasteiger partial charge is 1.00 e. The first-order valence-electron chi connectivity index (χ1n) is 16.0. The normalized spacial score (nSPS) is 12.3. The lowest BCUT2D eigenvalue weighted by atomic mass is 10.0. The highest BCUT2D eigenvalue weighted by Gasteiger charge is 2.29. The molecule has 236 valence electrons. The molecule has 0 heterocycles. The van der Waals surface area contributed by atoms with Gasteiger partial charge in [0.25, 0.3) is 0 Å². The molecule has 1 aromatic rings. The summed E-state index contributed by atoms with van der Waals surface area (Å²) in [5.74, 6) is -0.601. The number of hydrogen-bond acceptors (Lipinski definition) is 3. The third kappa shape index (κ3) is 19.8. The van der Waals surface area contributed by atoms with Crippen LogP contribution in [-0.2, 0) is 20.7 Å². The van der Waals surface area contributed by atoms with Crippen molar-refractivity contribution in [2.24, 2.45) is 0 Å². The maximum absolute atomic E-state index is 13.0. The minimum atomic E-state index is -0.733. The van der Waals surface area contributed by atoms with Crippen LogP contribution in [0.4, 0.5) is 0 Å². The van der Waals surface area contributed by atoms with Crippen molar-refractivity contribution in [3.05, 3.63) is 48.2 Å². The Morgan fingerprint density at radius 3 is 1.76 bits per heavy atom. The fraction of sp³-hybridized carbons (Fsp3) is 0.714. The van der Waals surface area contributed by atoms with E-state index in [9.17, 15) is 9.59 Å². The number of carbonyl (C=O) groups is 2. The van der Waals surface area contributed by atoms with Gasteiger partial charge in [-0.15, -0.1) is 0 Å². The summed E-state index contributed by atoms with van der Waals surface area (Å²) in [6.45, 7) is 13.0. The predicted octanol–water partition coefficient (Wildman–Crippen LogP) is 5.52. The zero-order chi connectivity index (χ0) is 29.9. The Bertz CT molecular complexity index is 849. The quantitative estimate of drug-likeness (QED) is 0.110. The number of esters is 1. The second-order valence-corrected chi connectivity index (χ2v) is 13.1. The van der Waals surface area contributed by atoms with E-state index in [0.29, 0.717) is 10.9 Å². The van der Waals surface area contributed by atoms with Gasteiger partial charge in [0, 0.05) is 6.42 Å². The van der Waals surface area contributed by atoms with Crippen LogP contribution in [0.1, 0.15) is 130 Å². The number of benzene rings is 1. The summed E-state index contributed by atoms with van der Waals surface area (Å²) in [6, 6.07) is 8.98. The molecular weight excluding hydrogens is 532 g/mol.